The van der Waals surface area contributed by atoms with Crippen molar-refractivity contribution in [2.75, 3.05) is 23.7 Å². The highest BCUT2D eigenvalue weighted by atomic mass is 35.5. The summed E-state index contributed by atoms with van der Waals surface area (Å²) in [7, 11) is 0. The van der Waals surface area contributed by atoms with E-state index in [-0.39, 0.29) is 5.69 Å². The van der Waals surface area contributed by atoms with Crippen molar-refractivity contribution in [3.05, 3.63) is 27.4 Å². The van der Waals surface area contributed by atoms with Gasteiger partial charge in [0.1, 0.15) is 5.15 Å². The monoisotopic (exact) mass is 287 g/mol. The van der Waals surface area contributed by atoms with E-state index in [0.717, 1.165) is 25.3 Å². The van der Waals surface area contributed by atoms with Gasteiger partial charge in [-0.1, -0.05) is 18.5 Å². The molecule has 0 amide bonds. The summed E-state index contributed by atoms with van der Waals surface area (Å²) in [6.45, 7) is 3.69. The van der Waals surface area contributed by atoms with Crippen LogP contribution in [0.15, 0.2) is 12.1 Å². The zero-order chi connectivity index (χ0) is 13.1. The number of rotatable bonds is 3. The van der Waals surface area contributed by atoms with Crippen LogP contribution in [0.1, 0.15) is 13.3 Å². The number of hydrogen-bond donors (Lipinski definition) is 0. The molecule has 0 aliphatic carbocycles. The van der Waals surface area contributed by atoms with Crippen molar-refractivity contribution >= 4 is 34.9 Å². The number of nitro groups is 1. The fourth-order valence-electron chi connectivity index (χ4n) is 1.95. The van der Waals surface area contributed by atoms with Crippen molar-refractivity contribution in [1.82, 2.24) is 4.98 Å². The first kappa shape index (κ1) is 13.4. The molecule has 2 heterocycles. The average molecular weight is 288 g/mol. The summed E-state index contributed by atoms with van der Waals surface area (Å²) in [6.07, 6.45) is 1.05. The maximum atomic E-state index is 11.0. The first-order valence-corrected chi connectivity index (χ1v) is 7.22. The molecule has 18 heavy (non-hydrogen) atoms. The van der Waals surface area contributed by atoms with Crippen LogP contribution in [0.2, 0.25) is 5.15 Å². The van der Waals surface area contributed by atoms with Crippen molar-refractivity contribution < 1.29 is 4.92 Å². The van der Waals surface area contributed by atoms with Crippen LogP contribution < -0.4 is 4.90 Å². The minimum Gasteiger partial charge on any atom is -0.349 e. The van der Waals surface area contributed by atoms with Crippen molar-refractivity contribution in [3.63, 3.8) is 0 Å². The molecule has 7 heteroatoms. The lowest BCUT2D eigenvalue weighted by Gasteiger charge is -2.32. The molecule has 1 fully saturated rings. The van der Waals surface area contributed by atoms with Gasteiger partial charge in [-0.25, -0.2) is 4.98 Å². The van der Waals surface area contributed by atoms with Gasteiger partial charge in [0.25, 0.3) is 0 Å². The first-order chi connectivity index (χ1) is 8.61. The zero-order valence-corrected chi connectivity index (χ0v) is 11.6. The average Bonchev–Trinajstić information content (AvgIpc) is 2.38. The highest BCUT2D eigenvalue weighted by Gasteiger charge is 2.26. The quantitative estimate of drug-likeness (QED) is 0.486. The second-order valence-corrected chi connectivity index (χ2v) is 5.88. The number of thioether (sulfide) groups is 1. The van der Waals surface area contributed by atoms with Crippen molar-refractivity contribution in [2.45, 2.75) is 18.6 Å². The fourth-order valence-corrected chi connectivity index (χ4v) is 3.28. The Morgan fingerprint density at radius 1 is 1.67 bits per heavy atom. The van der Waals surface area contributed by atoms with E-state index < -0.39 is 4.92 Å². The molecule has 1 aromatic rings. The summed E-state index contributed by atoms with van der Waals surface area (Å²) < 4.78 is 0. The molecule has 0 N–H and O–H groups in total. The summed E-state index contributed by atoms with van der Waals surface area (Å²) in [6, 6.07) is 2.88. The summed E-state index contributed by atoms with van der Waals surface area (Å²) in [5, 5.41) is 11.8. The second kappa shape index (κ2) is 5.75. The number of pyridine rings is 1. The predicted octanol–water partition coefficient (Wildman–Crippen LogP) is 2.98. The molecule has 1 saturated heterocycles. The Hall–Kier alpha value is -1.01. The molecule has 0 spiro atoms. The minimum atomic E-state index is -0.401. The molecule has 0 aromatic carbocycles. The third kappa shape index (κ3) is 2.87. The van der Waals surface area contributed by atoms with Gasteiger partial charge in [-0.05, 0) is 12.5 Å². The molecule has 1 aliphatic heterocycles. The van der Waals surface area contributed by atoms with Gasteiger partial charge in [-0.2, -0.15) is 11.8 Å². The van der Waals surface area contributed by atoms with Gasteiger partial charge in [-0.3, -0.25) is 10.1 Å². The van der Waals surface area contributed by atoms with E-state index in [1.807, 2.05) is 16.7 Å². The smallest absolute Gasteiger partial charge is 0.311 e. The van der Waals surface area contributed by atoms with Crippen molar-refractivity contribution in [3.8, 4) is 0 Å². The van der Waals surface area contributed by atoms with E-state index >= 15 is 0 Å². The Morgan fingerprint density at radius 2 is 2.44 bits per heavy atom. The second-order valence-electron chi connectivity index (χ2n) is 4.08. The number of hydrogen-bond acceptors (Lipinski definition) is 5. The molecule has 1 atom stereocenters. The van der Waals surface area contributed by atoms with E-state index in [9.17, 15) is 10.1 Å². The Kier molecular flexibility index (Phi) is 4.29. The van der Waals surface area contributed by atoms with Crippen LogP contribution in [-0.4, -0.2) is 34.0 Å². The Morgan fingerprint density at radius 3 is 3.11 bits per heavy atom. The molecule has 1 aromatic heterocycles. The molecule has 1 unspecified atom stereocenters. The Balaban J connectivity index is 2.31. The molecule has 5 nitrogen and oxygen atoms in total. The number of anilines is 1. The molecule has 0 bridgehead atoms. The summed E-state index contributed by atoms with van der Waals surface area (Å²) in [5.74, 6) is 1.36. The van der Waals surface area contributed by atoms with E-state index in [1.165, 1.54) is 12.1 Å². The lowest BCUT2D eigenvalue weighted by molar-refractivity contribution is -0.384. The van der Waals surface area contributed by atoms with Gasteiger partial charge in [0.15, 0.2) is 0 Å². The maximum Gasteiger partial charge on any atom is 0.311 e. The molecular weight excluding hydrogens is 274 g/mol. The third-order valence-corrected chi connectivity index (χ3v) is 4.49. The van der Waals surface area contributed by atoms with Crippen LogP contribution in [0.4, 0.5) is 11.5 Å². The number of halogens is 1. The Labute approximate surface area is 115 Å². The number of aromatic nitrogens is 1. The standard InChI is InChI=1S/C11H14ClN3O2S/c1-2-8-7-14(5-6-18-8)11-9(15(16)17)3-4-10(12)13-11/h3-4,8H,2,5-7H2,1H3. The molecule has 0 radical (unpaired) electrons. The van der Waals surface area contributed by atoms with Crippen molar-refractivity contribution in [2.24, 2.45) is 0 Å². The normalized spacial score (nSPS) is 19.9. The predicted molar refractivity (Wildman–Crippen MR) is 74.7 cm³/mol. The zero-order valence-electron chi connectivity index (χ0n) is 10.0. The van der Waals surface area contributed by atoms with Crippen LogP contribution in [0.25, 0.3) is 0 Å². The first-order valence-electron chi connectivity index (χ1n) is 5.79. The van der Waals surface area contributed by atoms with E-state index in [4.69, 9.17) is 11.6 Å². The van der Waals surface area contributed by atoms with E-state index in [2.05, 4.69) is 11.9 Å². The lowest BCUT2D eigenvalue weighted by atomic mass is 10.2. The van der Waals surface area contributed by atoms with Gasteiger partial charge in [0, 0.05) is 30.2 Å². The van der Waals surface area contributed by atoms with E-state index in [0.29, 0.717) is 16.2 Å². The van der Waals surface area contributed by atoms with Gasteiger partial charge in [0.05, 0.1) is 4.92 Å². The van der Waals surface area contributed by atoms with Gasteiger partial charge in [-0.15, -0.1) is 0 Å². The van der Waals surface area contributed by atoms with Gasteiger partial charge < -0.3 is 4.90 Å². The van der Waals surface area contributed by atoms with Crippen LogP contribution in [0, 0.1) is 10.1 Å². The summed E-state index contributed by atoms with van der Waals surface area (Å²) in [5.41, 5.74) is 0.0288. The van der Waals surface area contributed by atoms with Crippen LogP contribution in [-0.2, 0) is 0 Å². The third-order valence-electron chi connectivity index (χ3n) is 2.91. The molecule has 2 rings (SSSR count). The minimum absolute atomic E-state index is 0.0288. The topological polar surface area (TPSA) is 59.3 Å². The van der Waals surface area contributed by atoms with Crippen LogP contribution in [0.3, 0.4) is 0 Å². The van der Waals surface area contributed by atoms with Gasteiger partial charge >= 0.3 is 5.69 Å². The highest BCUT2D eigenvalue weighted by Crippen LogP contribution is 2.31. The maximum absolute atomic E-state index is 11.0. The summed E-state index contributed by atoms with van der Waals surface area (Å²) in [4.78, 5) is 16.7. The van der Waals surface area contributed by atoms with Crippen LogP contribution in [0.5, 0.6) is 0 Å². The molecule has 1 aliphatic rings. The lowest BCUT2D eigenvalue weighted by Crippen LogP contribution is -2.38. The van der Waals surface area contributed by atoms with Crippen molar-refractivity contribution in [1.29, 1.82) is 0 Å². The molecule has 98 valence electrons. The summed E-state index contributed by atoms with van der Waals surface area (Å²) >= 11 is 7.75. The Bertz CT molecular complexity index is 458. The SMILES string of the molecule is CCC1CN(c2nc(Cl)ccc2[N+](=O)[O-])CCS1. The molecular formula is C11H14ClN3O2S. The number of nitrogens with zero attached hydrogens (tertiary/aromatic N) is 3. The highest BCUT2D eigenvalue weighted by molar-refractivity contribution is 8.00. The van der Waals surface area contributed by atoms with Crippen LogP contribution >= 0.6 is 23.4 Å². The van der Waals surface area contributed by atoms with E-state index in [1.54, 1.807) is 0 Å². The largest absolute Gasteiger partial charge is 0.349 e. The fraction of sp³-hybridized carbons (Fsp3) is 0.545. The molecule has 0 saturated carbocycles. The van der Waals surface area contributed by atoms with Gasteiger partial charge in [0.2, 0.25) is 5.82 Å².